The second-order valence-corrected chi connectivity index (χ2v) is 6.45. The van der Waals surface area contributed by atoms with Crippen LogP contribution in [0.1, 0.15) is 20.3 Å². The van der Waals surface area contributed by atoms with Gasteiger partial charge in [-0.1, -0.05) is 12.1 Å². The van der Waals surface area contributed by atoms with Gasteiger partial charge in [-0.25, -0.2) is 4.79 Å². The lowest BCUT2D eigenvalue weighted by atomic mass is 9.90. The number of nitrogens with one attached hydrogen (secondary N) is 1. The first kappa shape index (κ1) is 16.9. The number of para-hydroxylation sites is 1. The number of benzene rings is 1. The molecule has 1 aromatic heterocycles. The lowest BCUT2D eigenvalue weighted by molar-refractivity contribution is -0.146. The van der Waals surface area contributed by atoms with E-state index in [0.717, 1.165) is 5.56 Å². The zero-order chi connectivity index (χ0) is 18.0. The summed E-state index contributed by atoms with van der Waals surface area (Å²) in [5, 5.41) is 20.3. The molecule has 0 bridgehead atoms. The van der Waals surface area contributed by atoms with Crippen molar-refractivity contribution in [2.45, 2.75) is 26.8 Å². The summed E-state index contributed by atoms with van der Waals surface area (Å²) < 4.78 is 1.89. The number of carbonyl (C=O) groups is 2. The third-order valence-corrected chi connectivity index (χ3v) is 4.64. The van der Waals surface area contributed by atoms with Gasteiger partial charge in [0.2, 0.25) is 0 Å². The molecule has 1 unspecified atom stereocenters. The molecule has 1 saturated heterocycles. The van der Waals surface area contributed by atoms with Gasteiger partial charge in [-0.2, -0.15) is 0 Å². The third kappa shape index (κ3) is 3.19. The van der Waals surface area contributed by atoms with Crippen molar-refractivity contribution in [2.24, 2.45) is 5.41 Å². The van der Waals surface area contributed by atoms with Crippen molar-refractivity contribution < 1.29 is 14.7 Å². The highest BCUT2D eigenvalue weighted by Crippen LogP contribution is 2.31. The van der Waals surface area contributed by atoms with E-state index in [0.29, 0.717) is 31.0 Å². The number of hydrogen-bond acceptors (Lipinski definition) is 4. The molecular weight excluding hydrogens is 322 g/mol. The van der Waals surface area contributed by atoms with Crippen molar-refractivity contribution in [2.75, 3.05) is 18.4 Å². The fraction of sp³-hybridized carbons (Fsp3) is 0.412. The minimum absolute atomic E-state index is 0.196. The molecule has 0 aliphatic carbocycles. The number of likely N-dealkylation sites (tertiary alicyclic amines) is 1. The van der Waals surface area contributed by atoms with Crippen LogP contribution in [-0.4, -0.2) is 49.9 Å². The molecule has 25 heavy (non-hydrogen) atoms. The van der Waals surface area contributed by atoms with Crippen LogP contribution in [0.4, 0.5) is 10.5 Å². The Bertz CT molecular complexity index is 803. The van der Waals surface area contributed by atoms with Crippen molar-refractivity contribution >= 4 is 17.7 Å². The zero-order valence-electron chi connectivity index (χ0n) is 14.3. The molecule has 2 N–H and O–H groups in total. The summed E-state index contributed by atoms with van der Waals surface area (Å²) in [4.78, 5) is 25.5. The molecule has 2 aromatic rings. The number of aliphatic carboxylic acids is 1. The van der Waals surface area contributed by atoms with Gasteiger partial charge in [-0.3, -0.25) is 4.79 Å². The predicted octanol–water partition coefficient (Wildman–Crippen LogP) is 2.29. The van der Waals surface area contributed by atoms with Gasteiger partial charge in [-0.05, 0) is 32.4 Å². The number of carboxylic acid groups (broad SMARTS) is 1. The summed E-state index contributed by atoms with van der Waals surface area (Å²) in [6, 6.07) is 7.07. The number of nitrogens with zero attached hydrogens (tertiary/aromatic N) is 4. The number of carboxylic acids is 1. The van der Waals surface area contributed by atoms with Crippen molar-refractivity contribution in [3.8, 4) is 11.4 Å². The summed E-state index contributed by atoms with van der Waals surface area (Å²) in [7, 11) is 0. The van der Waals surface area contributed by atoms with E-state index in [-0.39, 0.29) is 12.6 Å². The number of carbonyl (C=O) groups excluding carboxylic acids is 1. The minimum Gasteiger partial charge on any atom is -0.481 e. The SMILES string of the molecule is CCn1cnnc1-c1ccccc1NC(=O)N1CCC(C)(C(=O)O)C1. The van der Waals surface area contributed by atoms with Crippen LogP contribution in [0.3, 0.4) is 0 Å². The number of rotatable bonds is 4. The first-order valence-corrected chi connectivity index (χ1v) is 8.21. The Labute approximate surface area is 145 Å². The van der Waals surface area contributed by atoms with Crippen LogP contribution in [-0.2, 0) is 11.3 Å². The Kier molecular flexibility index (Phi) is 4.43. The molecule has 1 fully saturated rings. The molecule has 0 saturated carbocycles. The number of aromatic nitrogens is 3. The minimum atomic E-state index is -0.890. The van der Waals surface area contributed by atoms with Crippen LogP contribution in [0.2, 0.25) is 0 Å². The van der Waals surface area contributed by atoms with Crippen LogP contribution >= 0.6 is 0 Å². The summed E-state index contributed by atoms with van der Waals surface area (Å²) in [6.07, 6.45) is 2.09. The van der Waals surface area contributed by atoms with Gasteiger partial charge in [0.25, 0.3) is 0 Å². The van der Waals surface area contributed by atoms with E-state index < -0.39 is 11.4 Å². The standard InChI is InChI=1S/C17H21N5O3/c1-3-21-11-18-20-14(21)12-6-4-5-7-13(12)19-16(25)22-9-8-17(2,10-22)15(23)24/h4-7,11H,3,8-10H2,1-2H3,(H,19,25)(H,23,24). The van der Waals surface area contributed by atoms with Crippen molar-refractivity contribution in [3.63, 3.8) is 0 Å². The molecule has 1 aliphatic heterocycles. The molecule has 132 valence electrons. The maximum absolute atomic E-state index is 12.6. The quantitative estimate of drug-likeness (QED) is 0.887. The molecule has 3 rings (SSSR count). The molecule has 1 atom stereocenters. The fourth-order valence-corrected chi connectivity index (χ4v) is 2.99. The van der Waals surface area contributed by atoms with Crippen molar-refractivity contribution in [1.82, 2.24) is 19.7 Å². The molecule has 8 nitrogen and oxygen atoms in total. The Morgan fingerprint density at radius 2 is 2.12 bits per heavy atom. The van der Waals surface area contributed by atoms with Gasteiger partial charge in [0, 0.05) is 25.2 Å². The van der Waals surface area contributed by atoms with E-state index in [1.165, 1.54) is 4.90 Å². The Morgan fingerprint density at radius 3 is 2.80 bits per heavy atom. The molecule has 2 heterocycles. The van der Waals surface area contributed by atoms with Crippen LogP contribution in [0, 0.1) is 5.41 Å². The summed E-state index contributed by atoms with van der Waals surface area (Å²) in [5.41, 5.74) is 0.508. The van der Waals surface area contributed by atoms with Gasteiger partial charge in [-0.15, -0.1) is 10.2 Å². The van der Waals surface area contributed by atoms with Crippen LogP contribution in [0.25, 0.3) is 11.4 Å². The second kappa shape index (κ2) is 6.54. The van der Waals surface area contributed by atoms with Crippen LogP contribution < -0.4 is 5.32 Å². The number of aryl methyl sites for hydroxylation is 1. The first-order valence-electron chi connectivity index (χ1n) is 8.21. The number of urea groups is 1. The topological polar surface area (TPSA) is 100 Å². The second-order valence-electron chi connectivity index (χ2n) is 6.45. The maximum Gasteiger partial charge on any atom is 0.321 e. The Balaban J connectivity index is 1.80. The molecule has 1 aliphatic rings. The molecule has 0 radical (unpaired) electrons. The number of anilines is 1. The van der Waals surface area contributed by atoms with E-state index in [4.69, 9.17) is 0 Å². The Hall–Kier alpha value is -2.90. The molecule has 0 spiro atoms. The van der Waals surface area contributed by atoms with Gasteiger partial charge >= 0.3 is 12.0 Å². The molecule has 1 aromatic carbocycles. The first-order chi connectivity index (χ1) is 11.9. The Morgan fingerprint density at radius 1 is 1.36 bits per heavy atom. The highest BCUT2D eigenvalue weighted by molar-refractivity contribution is 5.94. The summed E-state index contributed by atoms with van der Waals surface area (Å²) in [6.45, 7) is 4.99. The average Bonchev–Trinajstić information content (AvgIpc) is 3.22. The van der Waals surface area contributed by atoms with Crippen molar-refractivity contribution in [3.05, 3.63) is 30.6 Å². The monoisotopic (exact) mass is 343 g/mol. The molecule has 2 amide bonds. The predicted molar refractivity (Wildman–Crippen MR) is 92.1 cm³/mol. The van der Waals surface area contributed by atoms with Crippen LogP contribution in [0.15, 0.2) is 30.6 Å². The highest BCUT2D eigenvalue weighted by Gasteiger charge is 2.42. The van der Waals surface area contributed by atoms with E-state index in [9.17, 15) is 14.7 Å². The zero-order valence-corrected chi connectivity index (χ0v) is 14.3. The smallest absolute Gasteiger partial charge is 0.321 e. The fourth-order valence-electron chi connectivity index (χ4n) is 2.99. The van der Waals surface area contributed by atoms with Gasteiger partial charge in [0.1, 0.15) is 6.33 Å². The number of hydrogen-bond donors (Lipinski definition) is 2. The number of amides is 2. The van der Waals surface area contributed by atoms with Gasteiger partial charge in [0.05, 0.1) is 11.1 Å². The maximum atomic E-state index is 12.6. The molecular formula is C17H21N5O3. The highest BCUT2D eigenvalue weighted by atomic mass is 16.4. The van der Waals surface area contributed by atoms with E-state index in [1.54, 1.807) is 19.3 Å². The van der Waals surface area contributed by atoms with E-state index in [1.807, 2.05) is 29.7 Å². The lowest BCUT2D eigenvalue weighted by Gasteiger charge is -2.21. The normalized spacial score (nSPS) is 19.8. The lowest BCUT2D eigenvalue weighted by Crippen LogP contribution is -2.37. The van der Waals surface area contributed by atoms with Gasteiger partial charge in [0.15, 0.2) is 5.82 Å². The van der Waals surface area contributed by atoms with E-state index >= 15 is 0 Å². The molecule has 8 heteroatoms. The third-order valence-electron chi connectivity index (χ3n) is 4.64. The van der Waals surface area contributed by atoms with E-state index in [2.05, 4.69) is 15.5 Å². The van der Waals surface area contributed by atoms with Crippen LogP contribution in [0.5, 0.6) is 0 Å². The van der Waals surface area contributed by atoms with Gasteiger partial charge < -0.3 is 19.9 Å². The average molecular weight is 343 g/mol. The van der Waals surface area contributed by atoms with Crippen molar-refractivity contribution in [1.29, 1.82) is 0 Å². The summed E-state index contributed by atoms with van der Waals surface area (Å²) in [5.74, 6) is -0.200. The largest absolute Gasteiger partial charge is 0.481 e. The summed E-state index contributed by atoms with van der Waals surface area (Å²) >= 11 is 0.